The molecule has 34 heavy (non-hydrogen) atoms. The molecule has 1 unspecified atom stereocenters. The van der Waals surface area contributed by atoms with Crippen LogP contribution >= 0.6 is 23.2 Å². The van der Waals surface area contributed by atoms with E-state index in [4.69, 9.17) is 27.9 Å². The summed E-state index contributed by atoms with van der Waals surface area (Å²) in [7, 11) is 0. The maximum absolute atomic E-state index is 12.4. The number of ether oxygens (including phenoxy) is 1. The van der Waals surface area contributed by atoms with Gasteiger partial charge in [0.25, 0.3) is 0 Å². The molecule has 2 aromatic rings. The maximum atomic E-state index is 12.4. The Bertz CT molecular complexity index is 1020. The monoisotopic (exact) mass is 504 g/mol. The summed E-state index contributed by atoms with van der Waals surface area (Å²) in [6.45, 7) is 9.05. The second kappa shape index (κ2) is 10.1. The molecule has 1 aliphatic heterocycles. The summed E-state index contributed by atoms with van der Waals surface area (Å²) >= 11 is 13.0. The highest BCUT2D eigenvalue weighted by atomic mass is 35.5. The first-order chi connectivity index (χ1) is 16.0. The Morgan fingerprint density at radius 2 is 1.74 bits per heavy atom. The Morgan fingerprint density at radius 3 is 2.29 bits per heavy atom. The molecular weight excluding hydrogens is 471 g/mol. The van der Waals surface area contributed by atoms with Crippen molar-refractivity contribution in [3.8, 4) is 11.1 Å². The van der Waals surface area contributed by atoms with Crippen LogP contribution in [0.5, 0.6) is 0 Å². The van der Waals surface area contributed by atoms with Crippen LogP contribution in [-0.2, 0) is 4.74 Å². The number of nitrogens with zero attached hydrogens (tertiary/aromatic N) is 2. The number of piperazine rings is 1. The Labute approximate surface area is 212 Å². The van der Waals surface area contributed by atoms with Crippen molar-refractivity contribution < 1.29 is 14.6 Å². The number of hydrogen-bond acceptors (Lipinski definition) is 4. The quantitative estimate of drug-likeness (QED) is 0.525. The second-order valence-corrected chi connectivity index (χ2v) is 11.4. The zero-order valence-corrected chi connectivity index (χ0v) is 21.7. The van der Waals surface area contributed by atoms with Gasteiger partial charge >= 0.3 is 6.09 Å². The molecule has 4 rings (SSSR count). The van der Waals surface area contributed by atoms with E-state index >= 15 is 0 Å². The lowest BCUT2D eigenvalue weighted by molar-refractivity contribution is -0.0672. The van der Waals surface area contributed by atoms with E-state index in [9.17, 15) is 9.90 Å². The number of carbonyl (C=O) groups excluding carboxylic acids is 1. The van der Waals surface area contributed by atoms with E-state index in [-0.39, 0.29) is 12.0 Å². The molecule has 1 amide bonds. The molecule has 0 aromatic heterocycles. The summed E-state index contributed by atoms with van der Waals surface area (Å²) < 4.78 is 5.52. The van der Waals surface area contributed by atoms with E-state index in [1.165, 1.54) is 0 Å². The molecule has 1 saturated heterocycles. The van der Waals surface area contributed by atoms with Crippen LogP contribution in [0.3, 0.4) is 0 Å². The van der Waals surface area contributed by atoms with Crippen LogP contribution in [0.2, 0.25) is 10.0 Å². The molecule has 2 fully saturated rings. The Hall–Kier alpha value is -1.79. The predicted octanol–water partition coefficient (Wildman–Crippen LogP) is 6.21. The van der Waals surface area contributed by atoms with Crippen molar-refractivity contribution in [3.63, 3.8) is 0 Å². The van der Waals surface area contributed by atoms with Gasteiger partial charge in [-0.1, -0.05) is 47.5 Å². The minimum absolute atomic E-state index is 0.0877. The van der Waals surface area contributed by atoms with Crippen molar-refractivity contribution in [2.24, 2.45) is 0 Å². The molecule has 1 N–H and O–H groups in total. The Kier molecular flexibility index (Phi) is 7.49. The van der Waals surface area contributed by atoms with E-state index in [1.807, 2.05) is 51.1 Å². The van der Waals surface area contributed by atoms with E-state index < -0.39 is 11.2 Å². The van der Waals surface area contributed by atoms with Gasteiger partial charge in [-0.15, -0.1) is 0 Å². The van der Waals surface area contributed by atoms with Gasteiger partial charge in [-0.25, -0.2) is 4.79 Å². The SMILES string of the molecule is CC(C)(C)OC(=O)N1CCN(CC(c2ccc(-c3cccc(Cl)c3)cc2Cl)C2(O)CCC2)CC1. The summed E-state index contributed by atoms with van der Waals surface area (Å²) in [5.41, 5.74) is 1.74. The van der Waals surface area contributed by atoms with E-state index in [0.717, 1.165) is 49.0 Å². The topological polar surface area (TPSA) is 53.0 Å². The molecule has 1 heterocycles. The molecule has 1 saturated carbocycles. The van der Waals surface area contributed by atoms with Crippen LogP contribution in [0.1, 0.15) is 51.5 Å². The fourth-order valence-corrected chi connectivity index (χ4v) is 5.30. The maximum Gasteiger partial charge on any atom is 0.410 e. The third-order valence-corrected chi connectivity index (χ3v) is 7.43. The molecule has 1 atom stereocenters. The lowest BCUT2D eigenvalue weighted by Gasteiger charge is -2.46. The summed E-state index contributed by atoms with van der Waals surface area (Å²) in [5.74, 6) is -0.0877. The number of amides is 1. The van der Waals surface area contributed by atoms with Crippen LogP contribution in [0.15, 0.2) is 42.5 Å². The highest BCUT2D eigenvalue weighted by molar-refractivity contribution is 6.32. The number of rotatable bonds is 5. The number of carbonyl (C=O) groups is 1. The van der Waals surface area contributed by atoms with E-state index in [2.05, 4.69) is 17.0 Å². The van der Waals surface area contributed by atoms with Gasteiger partial charge in [-0.2, -0.15) is 0 Å². The second-order valence-electron chi connectivity index (χ2n) is 10.5. The number of aliphatic hydroxyl groups is 1. The van der Waals surface area contributed by atoms with Gasteiger partial charge in [0.05, 0.1) is 5.60 Å². The lowest BCUT2D eigenvalue weighted by Crippen LogP contribution is -2.53. The van der Waals surface area contributed by atoms with E-state index in [1.54, 1.807) is 4.90 Å². The van der Waals surface area contributed by atoms with Crippen molar-refractivity contribution in [3.05, 3.63) is 58.1 Å². The first-order valence-electron chi connectivity index (χ1n) is 12.0. The fraction of sp³-hybridized carbons (Fsp3) is 0.519. The standard InChI is InChI=1S/C27H34Cl2N2O3/c1-26(2,3)34-25(32)31-14-12-30(13-15-31)18-23(27(33)10-5-11-27)22-9-8-20(17-24(22)29)19-6-4-7-21(28)16-19/h4,6-9,16-17,23,33H,5,10-15,18H2,1-3H3. The predicted molar refractivity (Wildman–Crippen MR) is 138 cm³/mol. The molecule has 5 nitrogen and oxygen atoms in total. The summed E-state index contributed by atoms with van der Waals surface area (Å²) in [4.78, 5) is 16.5. The minimum Gasteiger partial charge on any atom is -0.444 e. The van der Waals surface area contributed by atoms with Crippen molar-refractivity contribution >= 4 is 29.3 Å². The van der Waals surface area contributed by atoms with Crippen LogP contribution in [0, 0.1) is 0 Å². The van der Waals surface area contributed by atoms with Crippen LogP contribution in [0.4, 0.5) is 4.79 Å². The zero-order chi connectivity index (χ0) is 24.5. The highest BCUT2D eigenvalue weighted by Crippen LogP contribution is 2.46. The molecule has 0 bridgehead atoms. The van der Waals surface area contributed by atoms with Gasteiger partial charge in [0, 0.05) is 48.7 Å². The number of hydrogen-bond donors (Lipinski definition) is 1. The van der Waals surface area contributed by atoms with Crippen molar-refractivity contribution in [2.45, 2.75) is 57.2 Å². The van der Waals surface area contributed by atoms with Crippen LogP contribution in [-0.4, -0.2) is 64.9 Å². The van der Waals surface area contributed by atoms with Crippen LogP contribution in [0.25, 0.3) is 11.1 Å². The summed E-state index contributed by atoms with van der Waals surface area (Å²) in [6, 6.07) is 13.8. The highest BCUT2D eigenvalue weighted by Gasteiger charge is 2.44. The van der Waals surface area contributed by atoms with Gasteiger partial charge in [0.2, 0.25) is 0 Å². The lowest BCUT2D eigenvalue weighted by atomic mass is 9.68. The molecule has 184 valence electrons. The van der Waals surface area contributed by atoms with Gasteiger partial charge in [0.15, 0.2) is 0 Å². The molecule has 0 radical (unpaired) electrons. The molecular formula is C27H34Cl2N2O3. The number of benzene rings is 2. The fourth-order valence-electron chi connectivity index (χ4n) is 4.80. The Morgan fingerprint density at radius 1 is 1.06 bits per heavy atom. The average molecular weight is 505 g/mol. The van der Waals surface area contributed by atoms with Crippen molar-refractivity contribution in [1.29, 1.82) is 0 Å². The minimum atomic E-state index is -0.747. The normalized spacial score (nSPS) is 19.4. The Balaban J connectivity index is 1.48. The smallest absolute Gasteiger partial charge is 0.410 e. The van der Waals surface area contributed by atoms with Crippen LogP contribution < -0.4 is 0 Å². The van der Waals surface area contributed by atoms with E-state index in [0.29, 0.717) is 29.7 Å². The molecule has 0 spiro atoms. The largest absolute Gasteiger partial charge is 0.444 e. The summed E-state index contributed by atoms with van der Waals surface area (Å²) in [6.07, 6.45) is 2.32. The van der Waals surface area contributed by atoms with Gasteiger partial charge < -0.3 is 14.7 Å². The molecule has 2 aromatic carbocycles. The molecule has 2 aliphatic rings. The van der Waals surface area contributed by atoms with Gasteiger partial charge in [-0.3, -0.25) is 4.90 Å². The molecule has 7 heteroatoms. The third-order valence-electron chi connectivity index (χ3n) is 6.87. The van der Waals surface area contributed by atoms with Gasteiger partial charge in [-0.05, 0) is 74.9 Å². The first kappa shape index (κ1) is 25.3. The molecule has 1 aliphatic carbocycles. The average Bonchev–Trinajstić information content (AvgIpc) is 2.75. The van der Waals surface area contributed by atoms with Crippen molar-refractivity contribution in [2.75, 3.05) is 32.7 Å². The third kappa shape index (κ3) is 5.88. The number of halogens is 2. The van der Waals surface area contributed by atoms with Crippen molar-refractivity contribution in [1.82, 2.24) is 9.80 Å². The first-order valence-corrected chi connectivity index (χ1v) is 12.8. The van der Waals surface area contributed by atoms with Gasteiger partial charge in [0.1, 0.15) is 5.60 Å². The zero-order valence-electron chi connectivity index (χ0n) is 20.2. The summed E-state index contributed by atoms with van der Waals surface area (Å²) in [5, 5.41) is 12.7.